The zero-order valence-corrected chi connectivity index (χ0v) is 23.9. The summed E-state index contributed by atoms with van der Waals surface area (Å²) in [5.74, 6) is 2.15. The van der Waals surface area contributed by atoms with Gasteiger partial charge in [-0.05, 0) is 68.2 Å². The fourth-order valence-electron chi connectivity index (χ4n) is 7.82. The van der Waals surface area contributed by atoms with E-state index in [1.165, 1.54) is 0 Å². The van der Waals surface area contributed by atoms with Crippen molar-refractivity contribution in [1.29, 1.82) is 0 Å². The Kier molecular flexibility index (Phi) is 6.06. The minimum absolute atomic E-state index is 0.0811. The van der Waals surface area contributed by atoms with Gasteiger partial charge in [-0.25, -0.2) is 14.4 Å². The molecule has 0 spiro atoms. The Balaban J connectivity index is 1.20. The van der Waals surface area contributed by atoms with Gasteiger partial charge >= 0.3 is 6.01 Å². The smallest absolute Gasteiger partial charge is 0.320 e. The van der Waals surface area contributed by atoms with Crippen LogP contribution in [0.4, 0.5) is 10.2 Å². The molecule has 6 atom stereocenters. The van der Waals surface area contributed by atoms with Crippen molar-refractivity contribution < 1.29 is 14.2 Å². The van der Waals surface area contributed by atoms with E-state index in [2.05, 4.69) is 22.0 Å². The molecule has 2 N–H and O–H groups in total. The highest BCUT2D eigenvalue weighted by Gasteiger charge is 2.49. The molecule has 4 aliphatic heterocycles. The van der Waals surface area contributed by atoms with Crippen LogP contribution in [0.25, 0.3) is 22.4 Å². The molecule has 216 valence electrons. The number of nitrogens with zero attached hydrogens (tertiary/aromatic N) is 6. The summed E-state index contributed by atoms with van der Waals surface area (Å²) in [6.45, 7) is 5.62. The van der Waals surface area contributed by atoms with Crippen LogP contribution in [0.3, 0.4) is 0 Å². The van der Waals surface area contributed by atoms with Crippen LogP contribution >= 0.6 is 11.6 Å². The van der Waals surface area contributed by atoms with Gasteiger partial charge in [0.15, 0.2) is 11.5 Å². The number of phenolic OH excluding ortho intramolecular Hbond substituents is 1. The molecular formula is C30H35ClFN7O2. The van der Waals surface area contributed by atoms with Gasteiger partial charge in [-0.2, -0.15) is 9.97 Å². The lowest BCUT2D eigenvalue weighted by Gasteiger charge is -2.34. The second kappa shape index (κ2) is 9.61. The predicted molar refractivity (Wildman–Crippen MR) is 154 cm³/mol. The summed E-state index contributed by atoms with van der Waals surface area (Å²) >= 11 is 6.64. The van der Waals surface area contributed by atoms with Crippen molar-refractivity contribution in [2.24, 2.45) is 5.92 Å². The van der Waals surface area contributed by atoms with Crippen LogP contribution < -0.4 is 15.0 Å². The third-order valence-corrected chi connectivity index (χ3v) is 10.3. The van der Waals surface area contributed by atoms with Crippen LogP contribution in [0, 0.1) is 5.92 Å². The number of halogens is 2. The molecule has 5 aliphatic rings. The van der Waals surface area contributed by atoms with Crippen molar-refractivity contribution in [3.05, 3.63) is 28.9 Å². The van der Waals surface area contributed by atoms with E-state index in [4.69, 9.17) is 36.3 Å². The summed E-state index contributed by atoms with van der Waals surface area (Å²) < 4.78 is 20.7. The average molecular weight is 580 g/mol. The molecule has 1 aromatic carbocycles. The number of fused-ring (bicyclic) bond motifs is 4. The molecule has 1 saturated carbocycles. The first kappa shape index (κ1) is 25.9. The zero-order chi connectivity index (χ0) is 27.9. The van der Waals surface area contributed by atoms with Crippen LogP contribution in [0.5, 0.6) is 11.8 Å². The second-order valence-electron chi connectivity index (χ2n) is 12.9. The van der Waals surface area contributed by atoms with Gasteiger partial charge in [0.1, 0.15) is 24.3 Å². The quantitative estimate of drug-likeness (QED) is 0.438. The first-order chi connectivity index (χ1) is 19.8. The number of ether oxygens (including phenoxy) is 1. The standard InChI is InChI=1S/C30H35ClFN7O2/c1-16-7-21(16)25-22(8-20(40)9-24(25)31)26-33-11-23-27(35-26)36-29(37-28(23)38-13-18-3-4-19(14-38)34-18)41-15-30-5-2-6-39(30)12-17(32)10-30/h8-9,11,16-19,21,34,40H,2-7,10,12-15H2,1H3/t16-,17-,18?,19?,21-,30+/m1/s1. The highest BCUT2D eigenvalue weighted by atomic mass is 35.5. The van der Waals surface area contributed by atoms with Gasteiger partial charge in [-0.3, -0.25) is 4.90 Å². The van der Waals surface area contributed by atoms with Crippen molar-refractivity contribution in [2.45, 2.75) is 75.2 Å². The van der Waals surface area contributed by atoms with E-state index in [9.17, 15) is 9.50 Å². The predicted octanol–water partition coefficient (Wildman–Crippen LogP) is 4.47. The Labute approximate surface area is 243 Å². The maximum atomic E-state index is 14.4. The lowest BCUT2D eigenvalue weighted by atomic mass is 9.95. The van der Waals surface area contributed by atoms with Crippen LogP contribution in [-0.4, -0.2) is 86.5 Å². The Morgan fingerprint density at radius 2 is 1.98 bits per heavy atom. The highest BCUT2D eigenvalue weighted by Crippen LogP contribution is 2.53. The molecule has 0 amide bonds. The molecule has 4 saturated heterocycles. The van der Waals surface area contributed by atoms with E-state index in [-0.39, 0.29) is 17.3 Å². The summed E-state index contributed by atoms with van der Waals surface area (Å²) in [7, 11) is 0. The fraction of sp³-hybridized carbons (Fsp3) is 0.600. The van der Waals surface area contributed by atoms with Crippen molar-refractivity contribution in [2.75, 3.05) is 37.7 Å². The van der Waals surface area contributed by atoms with E-state index in [0.717, 1.165) is 74.1 Å². The fourth-order valence-corrected chi connectivity index (χ4v) is 8.18. The van der Waals surface area contributed by atoms with Crippen LogP contribution in [-0.2, 0) is 0 Å². The number of rotatable bonds is 6. The van der Waals surface area contributed by atoms with E-state index in [1.54, 1.807) is 18.3 Å². The number of hydrogen-bond acceptors (Lipinski definition) is 9. The van der Waals surface area contributed by atoms with Gasteiger partial charge in [-0.15, -0.1) is 0 Å². The second-order valence-corrected chi connectivity index (χ2v) is 13.3. The number of anilines is 1. The van der Waals surface area contributed by atoms with Gasteiger partial charge in [0.2, 0.25) is 0 Å². The molecule has 8 rings (SSSR count). The number of hydrogen-bond donors (Lipinski definition) is 2. The summed E-state index contributed by atoms with van der Waals surface area (Å²) in [6.07, 6.45) is 6.77. The molecule has 3 aromatic rings. The van der Waals surface area contributed by atoms with Crippen LogP contribution in [0.1, 0.15) is 56.9 Å². The number of phenols is 1. The molecule has 2 aromatic heterocycles. The lowest BCUT2D eigenvalue weighted by molar-refractivity contribution is 0.107. The summed E-state index contributed by atoms with van der Waals surface area (Å²) in [5.41, 5.74) is 1.90. The number of alkyl halides is 1. The molecule has 2 bridgehead atoms. The van der Waals surface area contributed by atoms with E-state index in [1.807, 2.05) is 0 Å². The molecule has 1 aliphatic carbocycles. The largest absolute Gasteiger partial charge is 0.508 e. The van der Waals surface area contributed by atoms with Crippen molar-refractivity contribution in [1.82, 2.24) is 30.2 Å². The third kappa shape index (κ3) is 4.49. The normalized spacial score (nSPS) is 32.6. The molecule has 0 radical (unpaired) electrons. The van der Waals surface area contributed by atoms with E-state index < -0.39 is 6.17 Å². The summed E-state index contributed by atoms with van der Waals surface area (Å²) in [6, 6.07) is 4.39. The van der Waals surface area contributed by atoms with Gasteiger partial charge in [0.05, 0.1) is 10.9 Å². The minimum atomic E-state index is -0.823. The Morgan fingerprint density at radius 3 is 2.76 bits per heavy atom. The summed E-state index contributed by atoms with van der Waals surface area (Å²) in [4.78, 5) is 23.9. The Bertz CT molecular complexity index is 1510. The minimum Gasteiger partial charge on any atom is -0.508 e. The third-order valence-electron chi connectivity index (χ3n) is 10.00. The number of aromatic hydroxyl groups is 1. The van der Waals surface area contributed by atoms with E-state index >= 15 is 0 Å². The maximum Gasteiger partial charge on any atom is 0.320 e. The number of aromatic nitrogens is 4. The number of piperazine rings is 1. The SMILES string of the molecule is C[C@@H]1C[C@H]1c1c(Cl)cc(O)cc1-c1ncc2c(N3CC4CCC(C3)N4)nc(OC[C@@]34CCCN3C[C@H](F)C4)nc2n1. The zero-order valence-electron chi connectivity index (χ0n) is 23.2. The van der Waals surface area contributed by atoms with Crippen LogP contribution in [0.15, 0.2) is 18.3 Å². The van der Waals surface area contributed by atoms with Gasteiger partial charge < -0.3 is 20.1 Å². The van der Waals surface area contributed by atoms with Crippen molar-refractivity contribution >= 4 is 28.5 Å². The molecule has 5 fully saturated rings. The first-order valence-corrected chi connectivity index (χ1v) is 15.3. The maximum absolute atomic E-state index is 14.4. The Morgan fingerprint density at radius 1 is 1.17 bits per heavy atom. The van der Waals surface area contributed by atoms with Gasteiger partial charge in [0, 0.05) is 54.9 Å². The Hall–Kier alpha value is -2.82. The monoisotopic (exact) mass is 579 g/mol. The molecule has 9 nitrogen and oxygen atoms in total. The highest BCUT2D eigenvalue weighted by molar-refractivity contribution is 6.32. The molecular weight excluding hydrogens is 545 g/mol. The lowest BCUT2D eigenvalue weighted by Crippen LogP contribution is -2.51. The number of benzene rings is 1. The van der Waals surface area contributed by atoms with Gasteiger partial charge in [-0.1, -0.05) is 18.5 Å². The topological polar surface area (TPSA) is 99.5 Å². The average Bonchev–Trinajstić information content (AvgIpc) is 3.21. The van der Waals surface area contributed by atoms with Crippen molar-refractivity contribution in [3.8, 4) is 23.1 Å². The van der Waals surface area contributed by atoms with E-state index in [0.29, 0.717) is 60.0 Å². The molecule has 41 heavy (non-hydrogen) atoms. The van der Waals surface area contributed by atoms with Crippen LogP contribution in [0.2, 0.25) is 5.02 Å². The van der Waals surface area contributed by atoms with Gasteiger partial charge in [0.25, 0.3) is 0 Å². The van der Waals surface area contributed by atoms with Crippen molar-refractivity contribution in [3.63, 3.8) is 0 Å². The first-order valence-electron chi connectivity index (χ1n) is 15.0. The summed E-state index contributed by atoms with van der Waals surface area (Å²) in [5, 5.41) is 15.4. The molecule has 6 heterocycles. The number of nitrogens with one attached hydrogen (secondary N) is 1. The molecule has 11 heteroatoms. The molecule has 2 unspecified atom stereocenters.